The second-order valence-corrected chi connectivity index (χ2v) is 4.47. The van der Waals surface area contributed by atoms with Crippen molar-refractivity contribution in [3.05, 3.63) is 41.2 Å². The Morgan fingerprint density at radius 3 is 2.68 bits per heavy atom. The van der Waals surface area contributed by atoms with Gasteiger partial charge in [0.25, 0.3) is 0 Å². The van der Waals surface area contributed by atoms with Crippen LogP contribution in [0.1, 0.15) is 17.0 Å². The van der Waals surface area contributed by atoms with Crippen LogP contribution in [0.3, 0.4) is 0 Å². The summed E-state index contributed by atoms with van der Waals surface area (Å²) in [6.07, 6.45) is 0. The van der Waals surface area contributed by atoms with Crippen molar-refractivity contribution in [2.75, 3.05) is 18.2 Å². The molecular weight excluding hydrogens is 240 g/mol. The van der Waals surface area contributed by atoms with Crippen molar-refractivity contribution in [1.29, 1.82) is 0 Å². The summed E-state index contributed by atoms with van der Waals surface area (Å²) in [5.41, 5.74) is 9.15. The molecular formula is C14H18N4O. The fraction of sp³-hybridized carbons (Fsp3) is 0.286. The summed E-state index contributed by atoms with van der Waals surface area (Å²) < 4.78 is 5.02. The fourth-order valence-corrected chi connectivity index (χ4v) is 1.87. The molecule has 5 heteroatoms. The van der Waals surface area contributed by atoms with Crippen molar-refractivity contribution >= 4 is 17.3 Å². The highest BCUT2D eigenvalue weighted by molar-refractivity contribution is 5.62. The minimum Gasteiger partial charge on any atom is -0.384 e. The number of hydrogen-bond acceptors (Lipinski definition) is 5. The van der Waals surface area contributed by atoms with Gasteiger partial charge >= 0.3 is 0 Å². The Balaban J connectivity index is 2.27. The zero-order valence-corrected chi connectivity index (χ0v) is 11.4. The van der Waals surface area contributed by atoms with Gasteiger partial charge in [-0.05, 0) is 25.5 Å². The van der Waals surface area contributed by atoms with Crippen LogP contribution in [-0.2, 0) is 11.3 Å². The molecule has 0 spiro atoms. The van der Waals surface area contributed by atoms with Gasteiger partial charge in [-0.3, -0.25) is 0 Å². The molecule has 100 valence electrons. The lowest BCUT2D eigenvalue weighted by Gasteiger charge is -2.11. The van der Waals surface area contributed by atoms with Crippen molar-refractivity contribution < 1.29 is 4.74 Å². The smallest absolute Gasteiger partial charge is 0.158 e. The van der Waals surface area contributed by atoms with Crippen LogP contribution in [0.25, 0.3) is 0 Å². The molecule has 19 heavy (non-hydrogen) atoms. The molecule has 3 N–H and O–H groups in total. The molecule has 0 saturated heterocycles. The van der Waals surface area contributed by atoms with E-state index in [1.54, 1.807) is 13.2 Å². The van der Waals surface area contributed by atoms with Crippen molar-refractivity contribution in [1.82, 2.24) is 9.97 Å². The Morgan fingerprint density at radius 2 is 2.00 bits per heavy atom. The van der Waals surface area contributed by atoms with Crippen LogP contribution >= 0.6 is 0 Å². The maximum Gasteiger partial charge on any atom is 0.158 e. The van der Waals surface area contributed by atoms with Crippen LogP contribution in [0.15, 0.2) is 24.3 Å². The van der Waals surface area contributed by atoms with Crippen LogP contribution < -0.4 is 11.1 Å². The minimum atomic E-state index is 0.340. The lowest BCUT2D eigenvalue weighted by molar-refractivity contribution is 0.178. The Morgan fingerprint density at radius 1 is 1.21 bits per heavy atom. The molecule has 0 atom stereocenters. The number of nitrogen functional groups attached to an aromatic ring is 1. The Hall–Kier alpha value is -2.14. The van der Waals surface area contributed by atoms with Crippen LogP contribution in [-0.4, -0.2) is 17.1 Å². The summed E-state index contributed by atoms with van der Waals surface area (Å²) >= 11 is 0. The molecule has 1 aromatic heterocycles. The molecule has 0 amide bonds. The number of nitrogens with one attached hydrogen (secondary N) is 1. The molecule has 0 saturated carbocycles. The number of nitrogens with two attached hydrogens (primary N) is 1. The first kappa shape index (κ1) is 13.3. The Kier molecular flexibility index (Phi) is 3.97. The zero-order chi connectivity index (χ0) is 13.8. The number of methoxy groups -OCH3 is 1. The molecule has 2 aromatic rings. The lowest BCUT2D eigenvalue weighted by atomic mass is 10.1. The van der Waals surface area contributed by atoms with E-state index in [-0.39, 0.29) is 0 Å². The SMILES string of the molecule is COCc1nc(N)cc(Nc2ccc(C)cc2C)n1. The van der Waals surface area contributed by atoms with Crippen LogP contribution in [0.4, 0.5) is 17.3 Å². The number of aryl methyl sites for hydroxylation is 2. The molecule has 5 nitrogen and oxygen atoms in total. The van der Waals surface area contributed by atoms with Crippen LogP contribution in [0, 0.1) is 13.8 Å². The molecule has 1 aromatic carbocycles. The van der Waals surface area contributed by atoms with Crippen LogP contribution in [0.5, 0.6) is 0 Å². The average Bonchev–Trinajstić information content (AvgIpc) is 2.32. The van der Waals surface area contributed by atoms with Crippen LogP contribution in [0.2, 0.25) is 0 Å². The van der Waals surface area contributed by atoms with Crippen molar-refractivity contribution in [2.24, 2.45) is 0 Å². The number of nitrogens with zero attached hydrogens (tertiary/aromatic N) is 2. The molecule has 2 rings (SSSR count). The molecule has 0 fully saturated rings. The van der Waals surface area contributed by atoms with Crippen molar-refractivity contribution in [2.45, 2.75) is 20.5 Å². The van der Waals surface area contributed by atoms with Gasteiger partial charge in [0.15, 0.2) is 5.82 Å². The summed E-state index contributed by atoms with van der Waals surface area (Å²) in [7, 11) is 1.60. The number of aromatic nitrogens is 2. The minimum absolute atomic E-state index is 0.340. The topological polar surface area (TPSA) is 73.1 Å². The highest BCUT2D eigenvalue weighted by atomic mass is 16.5. The summed E-state index contributed by atoms with van der Waals surface area (Å²) in [5, 5.41) is 3.25. The monoisotopic (exact) mass is 258 g/mol. The van der Waals surface area contributed by atoms with Gasteiger partial charge in [0.2, 0.25) is 0 Å². The van der Waals surface area contributed by atoms with E-state index >= 15 is 0 Å². The first-order chi connectivity index (χ1) is 9.08. The van der Waals surface area contributed by atoms with Gasteiger partial charge in [-0.2, -0.15) is 0 Å². The number of rotatable bonds is 4. The van der Waals surface area contributed by atoms with E-state index < -0.39 is 0 Å². The van der Waals surface area contributed by atoms with E-state index in [1.165, 1.54) is 5.56 Å². The van der Waals surface area contributed by atoms with Gasteiger partial charge in [-0.1, -0.05) is 17.7 Å². The molecule has 0 bridgehead atoms. The van der Waals surface area contributed by atoms with E-state index in [2.05, 4.69) is 41.3 Å². The fourth-order valence-electron chi connectivity index (χ4n) is 1.87. The summed E-state index contributed by atoms with van der Waals surface area (Å²) in [4.78, 5) is 8.46. The summed E-state index contributed by atoms with van der Waals surface area (Å²) in [6.45, 7) is 4.46. The van der Waals surface area contributed by atoms with Crippen molar-refractivity contribution in [3.63, 3.8) is 0 Å². The summed E-state index contributed by atoms with van der Waals surface area (Å²) in [5.74, 6) is 1.66. The molecule has 0 unspecified atom stereocenters. The maximum absolute atomic E-state index is 5.76. The van der Waals surface area contributed by atoms with Gasteiger partial charge < -0.3 is 15.8 Å². The van der Waals surface area contributed by atoms with Gasteiger partial charge in [0, 0.05) is 18.9 Å². The second kappa shape index (κ2) is 5.67. The third-order valence-electron chi connectivity index (χ3n) is 2.71. The Bertz CT molecular complexity index is 584. The van der Waals surface area contributed by atoms with E-state index in [0.29, 0.717) is 24.1 Å². The lowest BCUT2D eigenvalue weighted by Crippen LogP contribution is -2.05. The average molecular weight is 258 g/mol. The third kappa shape index (κ3) is 3.42. The van der Waals surface area contributed by atoms with Gasteiger partial charge in [0.1, 0.15) is 18.2 Å². The van der Waals surface area contributed by atoms with E-state index in [1.807, 2.05) is 6.07 Å². The predicted molar refractivity (Wildman–Crippen MR) is 76.4 cm³/mol. The van der Waals surface area contributed by atoms with Gasteiger partial charge in [0.05, 0.1) is 0 Å². The number of hydrogen-bond donors (Lipinski definition) is 2. The number of anilines is 3. The second-order valence-electron chi connectivity index (χ2n) is 4.47. The Labute approximate surface area is 112 Å². The van der Waals surface area contributed by atoms with Gasteiger partial charge in [-0.15, -0.1) is 0 Å². The third-order valence-corrected chi connectivity index (χ3v) is 2.71. The van der Waals surface area contributed by atoms with E-state index in [0.717, 1.165) is 11.3 Å². The zero-order valence-electron chi connectivity index (χ0n) is 11.4. The van der Waals surface area contributed by atoms with E-state index in [9.17, 15) is 0 Å². The molecule has 0 radical (unpaired) electrons. The number of ether oxygens (including phenoxy) is 1. The quantitative estimate of drug-likeness (QED) is 0.881. The summed E-state index contributed by atoms with van der Waals surface area (Å²) in [6, 6.07) is 7.90. The molecule has 0 aliphatic heterocycles. The van der Waals surface area contributed by atoms with E-state index in [4.69, 9.17) is 10.5 Å². The molecule has 1 heterocycles. The molecule has 0 aliphatic rings. The normalized spacial score (nSPS) is 10.5. The molecule has 0 aliphatic carbocycles. The first-order valence-corrected chi connectivity index (χ1v) is 6.05. The first-order valence-electron chi connectivity index (χ1n) is 6.05. The van der Waals surface area contributed by atoms with Gasteiger partial charge in [-0.25, -0.2) is 9.97 Å². The highest BCUT2D eigenvalue weighted by Gasteiger charge is 2.04. The maximum atomic E-state index is 5.76. The number of benzene rings is 1. The van der Waals surface area contributed by atoms with Crippen molar-refractivity contribution in [3.8, 4) is 0 Å². The largest absolute Gasteiger partial charge is 0.384 e. The highest BCUT2D eigenvalue weighted by Crippen LogP contribution is 2.21. The standard InChI is InChI=1S/C14H18N4O/c1-9-4-5-11(10(2)6-9)16-13-7-12(15)17-14(18-13)8-19-3/h4-7H,8H2,1-3H3,(H3,15,16,17,18). The predicted octanol–water partition coefficient (Wildman–Crippen LogP) is 2.57.